The first-order valence-corrected chi connectivity index (χ1v) is 10.8. The van der Waals surface area contributed by atoms with Gasteiger partial charge in [-0.05, 0) is 35.9 Å². The fourth-order valence-corrected chi connectivity index (χ4v) is 5.20. The van der Waals surface area contributed by atoms with Crippen molar-refractivity contribution in [3.8, 4) is 27.6 Å². The number of hydrogen-bond acceptors (Lipinski definition) is 6. The molecule has 0 amide bonds. The fourth-order valence-electron chi connectivity index (χ4n) is 3.12. The summed E-state index contributed by atoms with van der Waals surface area (Å²) >= 11 is 3.06. The van der Waals surface area contributed by atoms with E-state index in [2.05, 4.69) is 22.4 Å². The molecule has 0 unspecified atom stereocenters. The summed E-state index contributed by atoms with van der Waals surface area (Å²) in [4.78, 5) is 17.2. The molecule has 0 radical (unpaired) electrons. The Morgan fingerprint density at radius 1 is 1.14 bits per heavy atom. The highest BCUT2D eigenvalue weighted by atomic mass is 32.1. The highest BCUT2D eigenvalue weighted by molar-refractivity contribution is 7.15. The molecule has 0 saturated carbocycles. The molecular formula is C22H22N2O2S2. The summed E-state index contributed by atoms with van der Waals surface area (Å²) in [5, 5.41) is 11.8. The zero-order chi connectivity index (χ0) is 20.3. The quantitative estimate of drug-likeness (QED) is 0.481. The van der Waals surface area contributed by atoms with E-state index < -0.39 is 0 Å². The van der Waals surface area contributed by atoms with Crippen LogP contribution in [0.1, 0.15) is 34.0 Å². The molecule has 0 fully saturated rings. The van der Waals surface area contributed by atoms with E-state index >= 15 is 0 Å². The van der Waals surface area contributed by atoms with Crippen molar-refractivity contribution in [2.75, 3.05) is 25.6 Å². The molecule has 0 bridgehead atoms. The lowest BCUT2D eigenvalue weighted by Crippen LogP contribution is -2.08. The summed E-state index contributed by atoms with van der Waals surface area (Å²) in [5.41, 5.74) is 4.42. The minimum absolute atomic E-state index is 0.310. The van der Waals surface area contributed by atoms with Crippen molar-refractivity contribution in [2.24, 2.45) is 0 Å². The van der Waals surface area contributed by atoms with Crippen LogP contribution in [-0.4, -0.2) is 26.7 Å². The van der Waals surface area contributed by atoms with Crippen molar-refractivity contribution >= 4 is 34.3 Å². The van der Waals surface area contributed by atoms with Crippen LogP contribution in [0.15, 0.2) is 35.7 Å². The maximum atomic E-state index is 12.5. The van der Waals surface area contributed by atoms with Gasteiger partial charge >= 0.3 is 5.97 Å². The number of thiophene rings is 2. The summed E-state index contributed by atoms with van der Waals surface area (Å²) in [5.74, 6) is -0.365. The molecule has 0 saturated heterocycles. The van der Waals surface area contributed by atoms with Gasteiger partial charge in [-0.1, -0.05) is 31.2 Å². The smallest absolute Gasteiger partial charge is 0.348 e. The van der Waals surface area contributed by atoms with E-state index in [0.29, 0.717) is 29.0 Å². The summed E-state index contributed by atoms with van der Waals surface area (Å²) in [6.45, 7) is 4.09. The first-order chi connectivity index (χ1) is 13.5. The van der Waals surface area contributed by atoms with Gasteiger partial charge in [-0.3, -0.25) is 0 Å². The Balaban J connectivity index is 2.09. The summed E-state index contributed by atoms with van der Waals surface area (Å²) < 4.78 is 5.23. The lowest BCUT2D eigenvalue weighted by molar-refractivity contribution is 0.0533. The molecule has 0 N–H and O–H groups in total. The van der Waals surface area contributed by atoms with Gasteiger partial charge < -0.3 is 9.64 Å². The Hall–Kier alpha value is -2.62. The lowest BCUT2D eigenvalue weighted by Gasteiger charge is -2.13. The van der Waals surface area contributed by atoms with E-state index in [4.69, 9.17) is 4.74 Å². The monoisotopic (exact) mass is 410 g/mol. The topological polar surface area (TPSA) is 53.3 Å². The Kier molecular flexibility index (Phi) is 6.18. The van der Waals surface area contributed by atoms with Crippen molar-refractivity contribution < 1.29 is 9.53 Å². The molecule has 1 aromatic carbocycles. The average molecular weight is 411 g/mol. The maximum absolute atomic E-state index is 12.5. The number of nitriles is 1. The minimum atomic E-state index is -0.365. The second-order valence-corrected chi connectivity index (χ2v) is 8.42. The number of hydrogen-bond donors (Lipinski definition) is 0. The van der Waals surface area contributed by atoms with E-state index in [9.17, 15) is 10.1 Å². The first-order valence-electron chi connectivity index (χ1n) is 9.10. The van der Waals surface area contributed by atoms with E-state index in [-0.39, 0.29) is 5.97 Å². The van der Waals surface area contributed by atoms with Crippen molar-refractivity contribution in [2.45, 2.75) is 20.3 Å². The maximum Gasteiger partial charge on any atom is 0.348 e. The van der Waals surface area contributed by atoms with Crippen LogP contribution in [0.4, 0.5) is 5.69 Å². The molecule has 2 aromatic heterocycles. The van der Waals surface area contributed by atoms with Crippen LogP contribution in [0.5, 0.6) is 0 Å². The molecule has 6 heteroatoms. The largest absolute Gasteiger partial charge is 0.462 e. The summed E-state index contributed by atoms with van der Waals surface area (Å²) in [7, 11) is 4.06. The predicted octanol–water partition coefficient (Wildman–Crippen LogP) is 5.82. The lowest BCUT2D eigenvalue weighted by atomic mass is 9.98. The first kappa shape index (κ1) is 20.1. The normalized spacial score (nSPS) is 10.5. The Morgan fingerprint density at radius 2 is 1.82 bits per heavy atom. The van der Waals surface area contributed by atoms with Crippen molar-refractivity contribution in [1.82, 2.24) is 0 Å². The minimum Gasteiger partial charge on any atom is -0.462 e. The predicted molar refractivity (Wildman–Crippen MR) is 117 cm³/mol. The third-order valence-electron chi connectivity index (χ3n) is 4.44. The Labute approximate surface area is 173 Å². The molecule has 28 heavy (non-hydrogen) atoms. The molecule has 2 heterocycles. The number of carbonyl (C=O) groups excluding carboxylic acids is 1. The molecule has 0 aliphatic rings. The molecule has 0 spiro atoms. The SMILES string of the molecule is CCOC(=O)c1sc(CC)c(C#N)c1-c1ccc(-c2sccc2N(C)C)cc1. The van der Waals surface area contributed by atoms with Crippen LogP contribution >= 0.6 is 22.7 Å². The molecule has 0 aliphatic carbocycles. The second-order valence-electron chi connectivity index (χ2n) is 6.40. The molecule has 144 valence electrons. The number of aryl methyl sites for hydroxylation is 1. The van der Waals surface area contributed by atoms with Crippen LogP contribution in [0.2, 0.25) is 0 Å². The highest BCUT2D eigenvalue weighted by Gasteiger charge is 2.24. The zero-order valence-corrected chi connectivity index (χ0v) is 18.0. The third-order valence-corrected chi connectivity index (χ3v) is 6.70. The van der Waals surface area contributed by atoms with Gasteiger partial charge in [0.15, 0.2) is 0 Å². The van der Waals surface area contributed by atoms with Gasteiger partial charge in [0.1, 0.15) is 10.9 Å². The van der Waals surface area contributed by atoms with Gasteiger partial charge in [0.2, 0.25) is 0 Å². The number of esters is 1. The Bertz CT molecular complexity index is 1020. The molecule has 0 atom stereocenters. The van der Waals surface area contributed by atoms with Crippen LogP contribution in [-0.2, 0) is 11.2 Å². The van der Waals surface area contributed by atoms with E-state index in [0.717, 1.165) is 16.0 Å². The Morgan fingerprint density at radius 3 is 2.39 bits per heavy atom. The average Bonchev–Trinajstić information content (AvgIpc) is 3.33. The third kappa shape index (κ3) is 3.68. The summed E-state index contributed by atoms with van der Waals surface area (Å²) in [6.07, 6.45) is 0.708. The molecular weight excluding hydrogens is 388 g/mol. The molecule has 3 rings (SSSR count). The van der Waals surface area contributed by atoms with Crippen molar-refractivity contribution in [3.63, 3.8) is 0 Å². The second kappa shape index (κ2) is 8.59. The van der Waals surface area contributed by atoms with Crippen molar-refractivity contribution in [3.05, 3.63) is 51.0 Å². The van der Waals surface area contributed by atoms with Gasteiger partial charge in [0.05, 0.1) is 22.7 Å². The van der Waals surface area contributed by atoms with E-state index in [1.165, 1.54) is 21.9 Å². The van der Waals surface area contributed by atoms with Gasteiger partial charge in [-0.25, -0.2) is 4.79 Å². The van der Waals surface area contributed by atoms with Gasteiger partial charge in [-0.2, -0.15) is 5.26 Å². The zero-order valence-electron chi connectivity index (χ0n) is 16.4. The van der Waals surface area contributed by atoms with Crippen LogP contribution in [0.25, 0.3) is 21.6 Å². The fraction of sp³-hybridized carbons (Fsp3) is 0.273. The number of rotatable bonds is 6. The standard InChI is InChI=1S/C22H22N2O2S2/c1-5-18-16(13-23)19(21(28-18)22(25)26-6-2)14-7-9-15(10-8-14)20-17(24(3)4)11-12-27-20/h7-12H,5-6H2,1-4H3. The van der Waals surface area contributed by atoms with Crippen LogP contribution in [0.3, 0.4) is 0 Å². The number of benzene rings is 1. The molecule has 3 aromatic rings. The number of nitrogens with zero attached hydrogens (tertiary/aromatic N) is 2. The van der Waals surface area contributed by atoms with Crippen LogP contribution in [0, 0.1) is 11.3 Å². The van der Waals surface area contributed by atoms with Gasteiger partial charge in [0.25, 0.3) is 0 Å². The van der Waals surface area contributed by atoms with Crippen LogP contribution < -0.4 is 4.90 Å². The number of ether oxygens (including phenoxy) is 1. The van der Waals surface area contributed by atoms with E-state index in [1.807, 2.05) is 45.3 Å². The van der Waals surface area contributed by atoms with Gasteiger partial charge in [0, 0.05) is 24.5 Å². The van der Waals surface area contributed by atoms with E-state index in [1.54, 1.807) is 18.3 Å². The highest BCUT2D eigenvalue weighted by Crippen LogP contribution is 2.40. The number of anilines is 1. The van der Waals surface area contributed by atoms with Crippen molar-refractivity contribution in [1.29, 1.82) is 5.26 Å². The molecule has 4 nitrogen and oxygen atoms in total. The van der Waals surface area contributed by atoms with Gasteiger partial charge in [-0.15, -0.1) is 22.7 Å². The summed E-state index contributed by atoms with van der Waals surface area (Å²) in [6, 6.07) is 12.5. The number of carbonyl (C=O) groups is 1. The molecule has 0 aliphatic heterocycles.